The molecule has 0 saturated heterocycles. The molecule has 0 heterocycles. The summed E-state index contributed by atoms with van der Waals surface area (Å²) in [6.45, 7) is 0.587. The second-order valence-electron chi connectivity index (χ2n) is 2.98. The van der Waals surface area contributed by atoms with Crippen molar-refractivity contribution >= 4 is 11.7 Å². The Morgan fingerprint density at radius 2 is 2.00 bits per heavy atom. The summed E-state index contributed by atoms with van der Waals surface area (Å²) in [5.74, 6) is -1.18. The maximum atomic E-state index is 10.4. The number of anilines is 1. The highest BCUT2D eigenvalue weighted by atomic mass is 16.4. The first-order valence-electron chi connectivity index (χ1n) is 4.28. The zero-order chi connectivity index (χ0) is 10.6. The first kappa shape index (κ1) is 10.5. The molecule has 4 heteroatoms. The minimum Gasteiger partial charge on any atom is -0.545 e. The zero-order valence-corrected chi connectivity index (χ0v) is 7.93. The van der Waals surface area contributed by atoms with Gasteiger partial charge >= 0.3 is 0 Å². The van der Waals surface area contributed by atoms with Crippen LogP contribution in [0, 0.1) is 0 Å². The van der Waals surface area contributed by atoms with E-state index >= 15 is 0 Å². The number of benzene rings is 1. The normalized spacial score (nSPS) is 9.86. The van der Waals surface area contributed by atoms with Crippen molar-refractivity contribution < 1.29 is 15.0 Å². The van der Waals surface area contributed by atoms with Crippen LogP contribution in [0.5, 0.6) is 0 Å². The number of nitrogens with zero attached hydrogens (tertiary/aromatic N) is 1. The van der Waals surface area contributed by atoms with Crippen molar-refractivity contribution in [3.8, 4) is 0 Å². The molecule has 0 unspecified atom stereocenters. The first-order valence-corrected chi connectivity index (χ1v) is 4.28. The number of aliphatic hydroxyl groups is 1. The molecule has 1 aromatic rings. The predicted molar refractivity (Wildman–Crippen MR) is 51.1 cm³/mol. The zero-order valence-electron chi connectivity index (χ0n) is 7.93. The van der Waals surface area contributed by atoms with Gasteiger partial charge < -0.3 is 19.9 Å². The summed E-state index contributed by atoms with van der Waals surface area (Å²) in [7, 11) is 1.82. The average molecular weight is 194 g/mol. The third-order valence-corrected chi connectivity index (χ3v) is 1.98. The number of aliphatic hydroxyl groups excluding tert-OH is 1. The molecule has 0 amide bonds. The van der Waals surface area contributed by atoms with Gasteiger partial charge in [-0.1, -0.05) is 12.1 Å². The van der Waals surface area contributed by atoms with E-state index in [0.29, 0.717) is 6.54 Å². The van der Waals surface area contributed by atoms with E-state index < -0.39 is 5.97 Å². The monoisotopic (exact) mass is 194 g/mol. The molecule has 0 aliphatic heterocycles. The fourth-order valence-electron chi connectivity index (χ4n) is 1.13. The molecule has 4 nitrogen and oxygen atoms in total. The van der Waals surface area contributed by atoms with Crippen molar-refractivity contribution in [2.75, 3.05) is 25.1 Å². The highest BCUT2D eigenvalue weighted by Crippen LogP contribution is 2.12. The van der Waals surface area contributed by atoms with Crippen molar-refractivity contribution in [1.29, 1.82) is 0 Å². The summed E-state index contributed by atoms with van der Waals surface area (Å²) < 4.78 is 0. The van der Waals surface area contributed by atoms with Crippen molar-refractivity contribution in [3.63, 3.8) is 0 Å². The Kier molecular flexibility index (Phi) is 3.48. The van der Waals surface area contributed by atoms with E-state index in [1.165, 1.54) is 12.1 Å². The van der Waals surface area contributed by atoms with Gasteiger partial charge in [0.1, 0.15) is 0 Å². The Hall–Kier alpha value is -1.55. The third kappa shape index (κ3) is 2.47. The number of hydrogen-bond acceptors (Lipinski definition) is 4. The van der Waals surface area contributed by atoms with Crippen molar-refractivity contribution in [1.82, 2.24) is 0 Å². The van der Waals surface area contributed by atoms with Gasteiger partial charge in [-0.25, -0.2) is 0 Å². The Balaban J connectivity index is 2.77. The minimum atomic E-state index is -1.18. The van der Waals surface area contributed by atoms with Gasteiger partial charge in [0.2, 0.25) is 0 Å². The summed E-state index contributed by atoms with van der Waals surface area (Å²) in [5.41, 5.74) is 1.02. The van der Waals surface area contributed by atoms with Crippen LogP contribution in [0.4, 0.5) is 5.69 Å². The average Bonchev–Trinajstić information content (AvgIpc) is 2.18. The number of rotatable bonds is 4. The number of likely N-dealkylation sites (N-methyl/N-ethyl adjacent to an activating group) is 1. The Bertz CT molecular complexity index is 308. The number of aromatic carboxylic acids is 1. The topological polar surface area (TPSA) is 63.6 Å². The lowest BCUT2D eigenvalue weighted by atomic mass is 10.2. The SMILES string of the molecule is CN(CCO)c1ccc(C(=O)[O-])cc1. The molecule has 76 valence electrons. The summed E-state index contributed by atoms with van der Waals surface area (Å²) in [6.07, 6.45) is 0. The molecule has 0 atom stereocenters. The molecule has 14 heavy (non-hydrogen) atoms. The van der Waals surface area contributed by atoms with Crippen LogP contribution in [0.15, 0.2) is 24.3 Å². The van der Waals surface area contributed by atoms with Gasteiger partial charge in [0, 0.05) is 19.3 Å². The molecule has 0 radical (unpaired) electrons. The number of carbonyl (C=O) groups excluding carboxylic acids is 1. The van der Waals surface area contributed by atoms with Crippen molar-refractivity contribution in [2.45, 2.75) is 0 Å². The third-order valence-electron chi connectivity index (χ3n) is 1.98. The summed E-state index contributed by atoms with van der Waals surface area (Å²) in [4.78, 5) is 12.3. The fraction of sp³-hybridized carbons (Fsp3) is 0.300. The van der Waals surface area contributed by atoms with Crippen molar-refractivity contribution in [2.24, 2.45) is 0 Å². The molecular formula is C10H12NO3-. The van der Waals surface area contributed by atoms with Crippen molar-refractivity contribution in [3.05, 3.63) is 29.8 Å². The highest BCUT2D eigenvalue weighted by Gasteiger charge is 1.99. The van der Waals surface area contributed by atoms with Gasteiger partial charge in [-0.15, -0.1) is 0 Å². The number of carboxylic acid groups (broad SMARTS) is 1. The lowest BCUT2D eigenvalue weighted by Gasteiger charge is -2.18. The molecule has 0 aliphatic rings. The Morgan fingerprint density at radius 3 is 2.43 bits per heavy atom. The Labute approximate surface area is 82.4 Å². The Morgan fingerprint density at radius 1 is 1.43 bits per heavy atom. The maximum absolute atomic E-state index is 10.4. The smallest absolute Gasteiger partial charge is 0.0715 e. The predicted octanol–water partition coefficient (Wildman–Crippen LogP) is -0.521. The van der Waals surface area contributed by atoms with Crippen LogP contribution in [0.3, 0.4) is 0 Å². The van der Waals surface area contributed by atoms with E-state index in [4.69, 9.17) is 5.11 Å². The van der Waals surface area contributed by atoms with Gasteiger partial charge in [0.05, 0.1) is 12.6 Å². The molecule has 0 bridgehead atoms. The second-order valence-corrected chi connectivity index (χ2v) is 2.98. The van der Waals surface area contributed by atoms with E-state index in [1.807, 2.05) is 11.9 Å². The molecule has 1 N–H and O–H groups in total. The van der Waals surface area contributed by atoms with Gasteiger partial charge in [-0.05, 0) is 17.7 Å². The minimum absolute atomic E-state index is 0.0682. The van der Waals surface area contributed by atoms with Gasteiger partial charge in [0.15, 0.2) is 0 Å². The quantitative estimate of drug-likeness (QED) is 0.700. The van der Waals surface area contributed by atoms with E-state index in [2.05, 4.69) is 0 Å². The van der Waals surface area contributed by atoms with Crippen LogP contribution in [-0.2, 0) is 0 Å². The van der Waals surface area contributed by atoms with Crippen LogP contribution in [-0.4, -0.2) is 31.3 Å². The fourth-order valence-corrected chi connectivity index (χ4v) is 1.13. The molecule has 0 aromatic heterocycles. The molecule has 0 spiro atoms. The maximum Gasteiger partial charge on any atom is 0.0715 e. The van der Waals surface area contributed by atoms with E-state index in [9.17, 15) is 9.90 Å². The van der Waals surface area contributed by atoms with Gasteiger partial charge in [-0.3, -0.25) is 0 Å². The summed E-state index contributed by atoms with van der Waals surface area (Å²) in [6, 6.07) is 6.33. The van der Waals surface area contributed by atoms with Gasteiger partial charge in [-0.2, -0.15) is 0 Å². The molecule has 0 fully saturated rings. The van der Waals surface area contributed by atoms with Gasteiger partial charge in [0.25, 0.3) is 0 Å². The lowest BCUT2D eigenvalue weighted by molar-refractivity contribution is -0.255. The van der Waals surface area contributed by atoms with Crippen LogP contribution >= 0.6 is 0 Å². The lowest BCUT2D eigenvalue weighted by Crippen LogP contribution is -2.23. The highest BCUT2D eigenvalue weighted by molar-refractivity contribution is 5.86. The second kappa shape index (κ2) is 4.62. The molecule has 1 rings (SSSR count). The van der Waals surface area contributed by atoms with E-state index in [0.717, 1.165) is 5.69 Å². The van der Waals surface area contributed by atoms with Crippen LogP contribution < -0.4 is 10.0 Å². The first-order chi connectivity index (χ1) is 6.65. The molecule has 0 saturated carbocycles. The van der Waals surface area contributed by atoms with E-state index in [-0.39, 0.29) is 12.2 Å². The standard InChI is InChI=1S/C10H13NO3/c1-11(6-7-12)9-4-2-8(3-5-9)10(13)14/h2-5,12H,6-7H2,1H3,(H,13,14)/p-1. The van der Waals surface area contributed by atoms with Crippen LogP contribution in [0.2, 0.25) is 0 Å². The molecule has 0 aliphatic carbocycles. The van der Waals surface area contributed by atoms with Crippen LogP contribution in [0.1, 0.15) is 10.4 Å². The molecular weight excluding hydrogens is 182 g/mol. The summed E-state index contributed by atoms with van der Waals surface area (Å²) >= 11 is 0. The number of hydrogen-bond donors (Lipinski definition) is 1. The summed E-state index contributed by atoms with van der Waals surface area (Å²) in [5, 5.41) is 19.1. The molecule has 1 aromatic carbocycles. The number of carboxylic acids is 1. The largest absolute Gasteiger partial charge is 0.545 e. The van der Waals surface area contributed by atoms with Crippen LogP contribution in [0.25, 0.3) is 0 Å². The van der Waals surface area contributed by atoms with E-state index in [1.54, 1.807) is 12.1 Å². The number of carbonyl (C=O) groups is 1.